The van der Waals surface area contributed by atoms with Gasteiger partial charge in [0.05, 0.1) is 24.4 Å². The van der Waals surface area contributed by atoms with Crippen LogP contribution in [0, 0.1) is 0 Å². The van der Waals surface area contributed by atoms with Gasteiger partial charge in [0.1, 0.15) is 17.2 Å². The summed E-state index contributed by atoms with van der Waals surface area (Å²) in [4.78, 5) is 29.3. The molecule has 4 aromatic carbocycles. The van der Waals surface area contributed by atoms with Crippen molar-refractivity contribution in [2.24, 2.45) is 5.10 Å². The van der Waals surface area contributed by atoms with Gasteiger partial charge in [-0.15, -0.1) is 0 Å². The number of hydrogen-bond acceptors (Lipinski definition) is 7. The molecular weight excluding hydrogens is 510 g/mol. The Hall–Kier alpha value is -5.57. The molecule has 0 bridgehead atoms. The van der Waals surface area contributed by atoms with Crippen LogP contribution in [0.5, 0.6) is 23.0 Å². The predicted octanol–water partition coefficient (Wildman–Crippen LogP) is 5.56. The van der Waals surface area contributed by atoms with Crippen LogP contribution in [-0.2, 0) is 0 Å². The number of aromatic nitrogens is 1. The fraction of sp³-hybridized carbons (Fsp3) is 0.0645. The standard InChI is InChI=1S/C31H23N3O6/c1-37-25-13-7-11-22-27(19-8-3-2-4-9-19)29(33-28(22)25)30(35)34-32-17-21-10-5-6-12-23(21)40-31(36)20-14-15-24-26(16-20)39-18-38-24/h2-17,33H,18H2,1H3,(H,34,35). The molecule has 5 aromatic rings. The predicted molar refractivity (Wildman–Crippen MR) is 149 cm³/mol. The van der Waals surface area contributed by atoms with Crippen LogP contribution >= 0.6 is 0 Å². The average molecular weight is 534 g/mol. The van der Waals surface area contributed by atoms with Gasteiger partial charge < -0.3 is 23.9 Å². The minimum absolute atomic E-state index is 0.109. The molecule has 0 atom stereocenters. The third-order valence-electron chi connectivity index (χ3n) is 6.40. The summed E-state index contributed by atoms with van der Waals surface area (Å²) in [7, 11) is 1.58. The van der Waals surface area contributed by atoms with Crippen LogP contribution < -0.4 is 24.4 Å². The van der Waals surface area contributed by atoms with Gasteiger partial charge in [0, 0.05) is 16.5 Å². The lowest BCUT2D eigenvalue weighted by Crippen LogP contribution is -2.19. The molecule has 0 aliphatic carbocycles. The van der Waals surface area contributed by atoms with E-state index in [1.807, 2.05) is 48.5 Å². The van der Waals surface area contributed by atoms with Crippen LogP contribution in [0.3, 0.4) is 0 Å². The van der Waals surface area contributed by atoms with Gasteiger partial charge in [-0.1, -0.05) is 54.6 Å². The van der Waals surface area contributed by atoms with Crippen molar-refractivity contribution in [2.45, 2.75) is 0 Å². The van der Waals surface area contributed by atoms with Crippen molar-refractivity contribution in [3.8, 4) is 34.1 Å². The summed E-state index contributed by atoms with van der Waals surface area (Å²) in [5, 5.41) is 5.00. The van der Waals surface area contributed by atoms with E-state index in [9.17, 15) is 9.59 Å². The third kappa shape index (κ3) is 4.71. The van der Waals surface area contributed by atoms with Crippen LogP contribution in [0.25, 0.3) is 22.0 Å². The molecule has 1 aliphatic rings. The lowest BCUT2D eigenvalue weighted by molar-refractivity contribution is 0.0733. The van der Waals surface area contributed by atoms with Crippen LogP contribution in [0.15, 0.2) is 96.1 Å². The van der Waals surface area contributed by atoms with Gasteiger partial charge in [-0.2, -0.15) is 5.10 Å². The first-order valence-corrected chi connectivity index (χ1v) is 12.4. The molecule has 2 N–H and O–H groups in total. The van der Waals surface area contributed by atoms with E-state index in [-0.39, 0.29) is 12.5 Å². The molecule has 9 nitrogen and oxygen atoms in total. The van der Waals surface area contributed by atoms with Crippen molar-refractivity contribution in [1.29, 1.82) is 0 Å². The third-order valence-corrected chi connectivity index (χ3v) is 6.40. The number of nitrogens with zero attached hydrogens (tertiary/aromatic N) is 1. The first-order valence-electron chi connectivity index (χ1n) is 12.4. The molecule has 2 heterocycles. The number of ether oxygens (including phenoxy) is 4. The Bertz CT molecular complexity index is 1760. The van der Waals surface area contributed by atoms with Crippen molar-refractivity contribution >= 4 is 29.0 Å². The Morgan fingerprint density at radius 1 is 0.900 bits per heavy atom. The van der Waals surface area contributed by atoms with Gasteiger partial charge in [0.2, 0.25) is 6.79 Å². The largest absolute Gasteiger partial charge is 0.495 e. The lowest BCUT2D eigenvalue weighted by atomic mass is 10.0. The van der Waals surface area contributed by atoms with E-state index >= 15 is 0 Å². The summed E-state index contributed by atoms with van der Waals surface area (Å²) >= 11 is 0. The molecule has 0 saturated heterocycles. The summed E-state index contributed by atoms with van der Waals surface area (Å²) in [6, 6.07) is 27.0. The van der Waals surface area contributed by atoms with E-state index in [0.717, 1.165) is 16.5 Å². The lowest BCUT2D eigenvalue weighted by Gasteiger charge is -2.08. The highest BCUT2D eigenvalue weighted by molar-refractivity contribution is 6.11. The van der Waals surface area contributed by atoms with Gasteiger partial charge in [-0.3, -0.25) is 4.79 Å². The molecule has 198 valence electrons. The maximum atomic E-state index is 13.3. The van der Waals surface area contributed by atoms with Gasteiger partial charge in [-0.25, -0.2) is 10.2 Å². The number of nitrogens with one attached hydrogen (secondary N) is 2. The number of aromatic amines is 1. The number of H-pyrrole nitrogens is 1. The Morgan fingerprint density at radius 2 is 1.68 bits per heavy atom. The van der Waals surface area contributed by atoms with Crippen molar-refractivity contribution in [3.63, 3.8) is 0 Å². The Kier molecular flexibility index (Phi) is 6.60. The molecule has 0 saturated carbocycles. The van der Waals surface area contributed by atoms with Crippen LogP contribution in [-0.4, -0.2) is 37.0 Å². The second-order valence-corrected chi connectivity index (χ2v) is 8.82. The average Bonchev–Trinajstić information content (AvgIpc) is 3.63. The molecule has 0 spiro atoms. The highest BCUT2D eigenvalue weighted by Crippen LogP contribution is 2.36. The van der Waals surface area contributed by atoms with Gasteiger partial charge in [-0.05, 0) is 42.0 Å². The van der Waals surface area contributed by atoms with Gasteiger partial charge in [0.25, 0.3) is 5.91 Å². The second-order valence-electron chi connectivity index (χ2n) is 8.82. The van der Waals surface area contributed by atoms with E-state index < -0.39 is 11.9 Å². The zero-order valence-electron chi connectivity index (χ0n) is 21.3. The van der Waals surface area contributed by atoms with Crippen LogP contribution in [0.1, 0.15) is 26.4 Å². The molecule has 6 rings (SSSR count). The minimum atomic E-state index is -0.567. The zero-order chi connectivity index (χ0) is 27.5. The maximum Gasteiger partial charge on any atom is 0.343 e. The number of hydrazone groups is 1. The van der Waals surface area contributed by atoms with Crippen molar-refractivity contribution in [3.05, 3.63) is 108 Å². The fourth-order valence-corrected chi connectivity index (χ4v) is 4.51. The van der Waals surface area contributed by atoms with Crippen LogP contribution in [0.4, 0.5) is 0 Å². The maximum absolute atomic E-state index is 13.3. The minimum Gasteiger partial charge on any atom is -0.495 e. The number of methoxy groups -OCH3 is 1. The van der Waals surface area contributed by atoms with Crippen LogP contribution in [0.2, 0.25) is 0 Å². The Labute approximate surface area is 229 Å². The fourth-order valence-electron chi connectivity index (χ4n) is 4.51. The first kappa shape index (κ1) is 24.7. The highest BCUT2D eigenvalue weighted by Gasteiger charge is 2.21. The number of benzene rings is 4. The molecule has 9 heteroatoms. The first-order chi connectivity index (χ1) is 19.6. The van der Waals surface area contributed by atoms with E-state index in [0.29, 0.717) is 39.6 Å². The van der Waals surface area contributed by atoms with Gasteiger partial charge in [0.15, 0.2) is 11.5 Å². The summed E-state index contributed by atoms with van der Waals surface area (Å²) in [5.74, 6) is 0.949. The number of para-hydroxylation sites is 2. The number of rotatable bonds is 7. The smallest absolute Gasteiger partial charge is 0.343 e. The van der Waals surface area contributed by atoms with E-state index in [1.165, 1.54) is 6.21 Å². The van der Waals surface area contributed by atoms with E-state index in [4.69, 9.17) is 18.9 Å². The molecule has 1 amide bonds. The van der Waals surface area contributed by atoms with E-state index in [2.05, 4.69) is 15.5 Å². The summed E-state index contributed by atoms with van der Waals surface area (Å²) in [6.07, 6.45) is 1.42. The molecule has 1 aromatic heterocycles. The summed E-state index contributed by atoms with van der Waals surface area (Å²) in [5.41, 5.74) is 6.05. The normalized spacial score (nSPS) is 12.0. The molecule has 40 heavy (non-hydrogen) atoms. The monoisotopic (exact) mass is 533 g/mol. The van der Waals surface area contributed by atoms with Crippen molar-refractivity contribution < 1.29 is 28.5 Å². The summed E-state index contributed by atoms with van der Waals surface area (Å²) in [6.45, 7) is 0.109. The molecule has 1 aliphatic heterocycles. The highest BCUT2D eigenvalue weighted by atomic mass is 16.7. The Balaban J connectivity index is 1.24. The summed E-state index contributed by atoms with van der Waals surface area (Å²) < 4.78 is 21.8. The number of hydrogen-bond donors (Lipinski definition) is 2. The van der Waals surface area contributed by atoms with E-state index in [1.54, 1.807) is 49.6 Å². The molecule has 0 fully saturated rings. The quantitative estimate of drug-likeness (QED) is 0.123. The zero-order valence-corrected chi connectivity index (χ0v) is 21.3. The molecule has 0 unspecified atom stereocenters. The van der Waals surface area contributed by atoms with Crippen molar-refractivity contribution in [1.82, 2.24) is 10.4 Å². The second kappa shape index (κ2) is 10.7. The topological polar surface area (TPSA) is 111 Å². The Morgan fingerprint density at radius 3 is 2.52 bits per heavy atom. The number of amides is 1. The van der Waals surface area contributed by atoms with Crippen molar-refractivity contribution in [2.75, 3.05) is 13.9 Å². The number of carbonyl (C=O) groups excluding carboxylic acids is 2. The van der Waals surface area contributed by atoms with Gasteiger partial charge >= 0.3 is 5.97 Å². The number of carbonyl (C=O) groups is 2. The molecular formula is C31H23N3O6. The molecule has 0 radical (unpaired) electrons. The number of esters is 1. The number of fused-ring (bicyclic) bond motifs is 2. The SMILES string of the molecule is COc1cccc2c(-c3ccccc3)c(C(=O)NN=Cc3ccccc3OC(=O)c3ccc4c(c3)OCO4)[nH]c12.